The van der Waals surface area contributed by atoms with Crippen LogP contribution in [0.25, 0.3) is 0 Å². The van der Waals surface area contributed by atoms with Crippen LogP contribution in [0.5, 0.6) is 0 Å². The van der Waals surface area contributed by atoms with Crippen molar-refractivity contribution in [3.63, 3.8) is 0 Å². The second kappa shape index (κ2) is 11.5. The second-order valence-corrected chi connectivity index (χ2v) is 9.19. The zero-order valence-corrected chi connectivity index (χ0v) is 19.2. The molecule has 192 valence electrons. The maximum absolute atomic E-state index is 13.1. The molecule has 2 aromatic rings. The monoisotopic (exact) mass is 501 g/mol. The molecule has 0 aliphatic carbocycles. The van der Waals surface area contributed by atoms with E-state index in [1.807, 2.05) is 35.2 Å². The van der Waals surface area contributed by atoms with Gasteiger partial charge in [-0.1, -0.05) is 42.5 Å². The third kappa shape index (κ3) is 8.26. The molecule has 1 fully saturated rings. The van der Waals surface area contributed by atoms with Crippen molar-refractivity contribution in [3.05, 3.63) is 71.3 Å². The molecule has 3 rings (SSSR count). The van der Waals surface area contributed by atoms with Crippen molar-refractivity contribution in [3.8, 4) is 0 Å². The number of halogens is 6. The van der Waals surface area contributed by atoms with Gasteiger partial charge < -0.3 is 5.11 Å². The Morgan fingerprint density at radius 2 is 1.63 bits per heavy atom. The van der Waals surface area contributed by atoms with Crippen LogP contribution >= 0.6 is 0 Å². The maximum Gasteiger partial charge on any atom is 0.416 e. The second-order valence-electron chi connectivity index (χ2n) is 9.19. The van der Waals surface area contributed by atoms with Gasteiger partial charge in [-0.15, -0.1) is 0 Å². The van der Waals surface area contributed by atoms with Crippen molar-refractivity contribution >= 4 is 5.97 Å². The van der Waals surface area contributed by atoms with Crippen molar-refractivity contribution in [2.75, 3.05) is 6.54 Å². The molecule has 0 bridgehead atoms. The van der Waals surface area contributed by atoms with Gasteiger partial charge in [0.1, 0.15) is 0 Å². The molecule has 2 aromatic carbocycles. The molecule has 0 amide bonds. The van der Waals surface area contributed by atoms with Crippen molar-refractivity contribution in [2.45, 2.75) is 69.4 Å². The van der Waals surface area contributed by atoms with Gasteiger partial charge in [-0.2, -0.15) is 26.3 Å². The molecular weight excluding hydrogens is 472 g/mol. The fourth-order valence-electron chi connectivity index (χ4n) is 4.93. The molecule has 1 aliphatic heterocycles. The summed E-state index contributed by atoms with van der Waals surface area (Å²) >= 11 is 0. The Kier molecular flexibility index (Phi) is 8.85. The lowest BCUT2D eigenvalue weighted by atomic mass is 9.83. The molecule has 0 radical (unpaired) electrons. The van der Waals surface area contributed by atoms with Gasteiger partial charge in [0, 0.05) is 24.9 Å². The minimum absolute atomic E-state index is 0.0811. The van der Waals surface area contributed by atoms with Gasteiger partial charge in [-0.3, -0.25) is 9.69 Å². The highest BCUT2D eigenvalue weighted by molar-refractivity contribution is 5.67. The summed E-state index contributed by atoms with van der Waals surface area (Å²) < 4.78 is 78.6. The third-order valence-corrected chi connectivity index (χ3v) is 6.68. The minimum Gasteiger partial charge on any atom is -0.481 e. The third-order valence-electron chi connectivity index (χ3n) is 6.68. The molecule has 3 atom stereocenters. The van der Waals surface area contributed by atoms with Crippen LogP contribution in [0.2, 0.25) is 0 Å². The lowest BCUT2D eigenvalue weighted by Gasteiger charge is -2.44. The van der Waals surface area contributed by atoms with E-state index >= 15 is 0 Å². The Hall–Kier alpha value is -2.55. The van der Waals surface area contributed by atoms with E-state index in [1.165, 1.54) is 12.1 Å². The number of likely N-dealkylation sites (tertiary alicyclic amines) is 1. The summed E-state index contributed by atoms with van der Waals surface area (Å²) in [6.45, 7) is 0.390. The smallest absolute Gasteiger partial charge is 0.416 e. The van der Waals surface area contributed by atoms with Crippen molar-refractivity contribution < 1.29 is 36.2 Å². The van der Waals surface area contributed by atoms with Gasteiger partial charge in [0.2, 0.25) is 0 Å². The Morgan fingerprint density at radius 3 is 2.20 bits per heavy atom. The quantitative estimate of drug-likeness (QED) is 0.367. The number of carboxylic acids is 1. The maximum atomic E-state index is 13.1. The summed E-state index contributed by atoms with van der Waals surface area (Å²) in [7, 11) is 0. The molecule has 9 heteroatoms. The predicted molar refractivity (Wildman–Crippen MR) is 120 cm³/mol. The summed E-state index contributed by atoms with van der Waals surface area (Å²) in [5.41, 5.74) is 0.754. The van der Waals surface area contributed by atoms with Gasteiger partial charge in [-0.25, -0.2) is 0 Å². The normalized spacial score (nSPS) is 20.5. The first kappa shape index (κ1) is 27.0. The van der Waals surface area contributed by atoms with Crippen LogP contribution in [0.15, 0.2) is 54.6 Å². The minimum atomic E-state index is -4.50. The molecule has 0 unspecified atom stereocenters. The highest BCUT2D eigenvalue weighted by atomic mass is 19.4. The van der Waals surface area contributed by atoms with E-state index in [2.05, 4.69) is 0 Å². The number of aryl methyl sites for hydroxylation is 1. The number of alkyl halides is 6. The molecule has 1 N–H and O–H groups in total. The Balaban J connectivity index is 1.88. The van der Waals surface area contributed by atoms with Gasteiger partial charge >= 0.3 is 18.3 Å². The number of carbonyl (C=O) groups is 1. The van der Waals surface area contributed by atoms with Crippen LogP contribution in [0.1, 0.15) is 61.3 Å². The van der Waals surface area contributed by atoms with E-state index in [1.54, 1.807) is 0 Å². The lowest BCUT2D eigenvalue weighted by molar-refractivity contribution is -0.141. The number of carboxylic acid groups (broad SMARTS) is 1. The number of hydrogen-bond donors (Lipinski definition) is 1. The fourth-order valence-corrected chi connectivity index (χ4v) is 4.93. The zero-order chi connectivity index (χ0) is 25.6. The number of piperidine rings is 1. The van der Waals surface area contributed by atoms with Gasteiger partial charge in [-0.05, 0) is 67.8 Å². The molecule has 1 saturated heterocycles. The molecule has 3 nitrogen and oxygen atoms in total. The molecule has 0 saturated carbocycles. The average Bonchev–Trinajstić information content (AvgIpc) is 2.78. The molecular formula is C26H29F6NO2. The Labute approximate surface area is 200 Å². The fraction of sp³-hybridized carbons (Fsp3) is 0.500. The number of aliphatic carboxylic acids is 1. The number of benzene rings is 2. The van der Waals surface area contributed by atoms with E-state index in [-0.39, 0.29) is 18.8 Å². The van der Waals surface area contributed by atoms with E-state index in [4.69, 9.17) is 0 Å². The van der Waals surface area contributed by atoms with E-state index < -0.39 is 42.4 Å². The first-order chi connectivity index (χ1) is 16.4. The van der Waals surface area contributed by atoms with Crippen LogP contribution in [0.4, 0.5) is 26.3 Å². The average molecular weight is 502 g/mol. The van der Waals surface area contributed by atoms with Gasteiger partial charge in [0.15, 0.2) is 0 Å². The van der Waals surface area contributed by atoms with Crippen LogP contribution in [-0.2, 0) is 17.4 Å². The molecule has 1 heterocycles. The Bertz CT molecular complexity index is 943. The van der Waals surface area contributed by atoms with Crippen molar-refractivity contribution in [1.82, 2.24) is 4.90 Å². The van der Waals surface area contributed by atoms with Crippen LogP contribution in [0, 0.1) is 5.92 Å². The molecule has 35 heavy (non-hydrogen) atoms. The lowest BCUT2D eigenvalue weighted by Crippen LogP contribution is -2.44. The first-order valence-electron chi connectivity index (χ1n) is 11.7. The predicted octanol–water partition coefficient (Wildman–Crippen LogP) is 7.28. The summed E-state index contributed by atoms with van der Waals surface area (Å²) in [6.07, 6.45) is -8.08. The van der Waals surface area contributed by atoms with Crippen LogP contribution in [0.3, 0.4) is 0 Å². The summed E-state index contributed by atoms with van der Waals surface area (Å²) in [5, 5.41) is 9.24. The van der Waals surface area contributed by atoms with E-state index in [9.17, 15) is 36.2 Å². The van der Waals surface area contributed by atoms with E-state index in [0.717, 1.165) is 17.7 Å². The summed E-state index contributed by atoms with van der Waals surface area (Å²) in [4.78, 5) is 13.2. The largest absolute Gasteiger partial charge is 0.481 e. The van der Waals surface area contributed by atoms with Gasteiger partial charge in [0.25, 0.3) is 0 Å². The number of nitrogens with zero attached hydrogens (tertiary/aromatic N) is 1. The molecule has 0 aromatic heterocycles. The summed E-state index contributed by atoms with van der Waals surface area (Å²) in [6, 6.07) is 13.2. The summed E-state index contributed by atoms with van der Waals surface area (Å²) in [5.74, 6) is -1.17. The zero-order valence-electron chi connectivity index (χ0n) is 19.2. The highest BCUT2D eigenvalue weighted by Crippen LogP contribution is 2.40. The topological polar surface area (TPSA) is 40.5 Å². The van der Waals surface area contributed by atoms with Crippen molar-refractivity contribution in [2.24, 2.45) is 5.92 Å². The van der Waals surface area contributed by atoms with Gasteiger partial charge in [0.05, 0.1) is 5.56 Å². The number of rotatable bonds is 9. The molecule has 1 aliphatic rings. The molecule has 0 spiro atoms. The standard InChI is InChI=1S/C26H29F6NO2/c27-25(28,29)14-12-22(11-6-18-4-2-1-3-5-18)33-15-13-19(17-24(34)35)16-23(33)20-7-9-21(10-8-20)26(30,31)32/h1-5,7-10,19,22-23H,6,11-17H2,(H,34,35)/t19-,22-,23+/m1/s1. The highest BCUT2D eigenvalue weighted by Gasteiger charge is 2.37. The SMILES string of the molecule is O=C(O)C[C@@H]1CCN([C@H](CCc2ccccc2)CCC(F)(F)F)[C@H](c2ccc(C(F)(F)F)cc2)C1. The van der Waals surface area contributed by atoms with Crippen molar-refractivity contribution in [1.29, 1.82) is 0 Å². The van der Waals surface area contributed by atoms with Crippen LogP contribution < -0.4 is 0 Å². The van der Waals surface area contributed by atoms with Crippen LogP contribution in [-0.4, -0.2) is 34.7 Å². The Morgan fingerprint density at radius 1 is 0.971 bits per heavy atom. The number of hydrogen-bond acceptors (Lipinski definition) is 2. The van der Waals surface area contributed by atoms with E-state index in [0.29, 0.717) is 37.8 Å². The first-order valence-corrected chi connectivity index (χ1v) is 11.7.